The lowest BCUT2D eigenvalue weighted by molar-refractivity contribution is -0.123. The fourth-order valence-electron chi connectivity index (χ4n) is 2.43. The van der Waals surface area contributed by atoms with Gasteiger partial charge in [0, 0.05) is 18.3 Å². The summed E-state index contributed by atoms with van der Waals surface area (Å²) in [5.74, 6) is 1.73. The zero-order valence-corrected chi connectivity index (χ0v) is 13.0. The Labute approximate surface area is 117 Å². The smallest absolute Gasteiger partial charge is 0.220 e. The number of halogens is 1. The minimum Gasteiger partial charge on any atom is -0.353 e. The molecule has 0 spiro atoms. The van der Waals surface area contributed by atoms with E-state index in [0.717, 1.165) is 12.8 Å². The molecule has 18 heavy (non-hydrogen) atoms. The number of carbonyl (C=O) groups excluding carboxylic acids is 1. The third kappa shape index (κ3) is 4.79. The first-order valence-corrected chi connectivity index (χ1v) is 7.73. The first kappa shape index (κ1) is 15.8. The molecular weight excluding hydrogens is 246 g/mol. The lowest BCUT2D eigenvalue weighted by Crippen LogP contribution is -2.43. The number of alkyl halides is 1. The van der Waals surface area contributed by atoms with Crippen LogP contribution in [0, 0.1) is 17.3 Å². The molecule has 1 saturated carbocycles. The summed E-state index contributed by atoms with van der Waals surface area (Å²) in [5.41, 5.74) is 0.190. The van der Waals surface area contributed by atoms with E-state index in [0.29, 0.717) is 30.2 Å². The van der Waals surface area contributed by atoms with Crippen molar-refractivity contribution in [3.8, 4) is 0 Å². The summed E-state index contributed by atoms with van der Waals surface area (Å²) in [6, 6.07) is 0.302. The van der Waals surface area contributed by atoms with E-state index in [2.05, 4.69) is 33.0 Å². The third-order valence-electron chi connectivity index (χ3n) is 4.42. The van der Waals surface area contributed by atoms with Crippen LogP contribution in [0.1, 0.15) is 59.8 Å². The van der Waals surface area contributed by atoms with Crippen LogP contribution in [0.25, 0.3) is 0 Å². The molecule has 1 rings (SSSR count). The predicted octanol–water partition coefficient (Wildman–Crippen LogP) is 3.97. The van der Waals surface area contributed by atoms with Crippen molar-refractivity contribution in [3.63, 3.8) is 0 Å². The third-order valence-corrected chi connectivity index (χ3v) is 4.82. The highest BCUT2D eigenvalue weighted by Crippen LogP contribution is 2.29. The molecule has 3 unspecified atom stereocenters. The number of amides is 1. The molecule has 3 heteroatoms. The second-order valence-electron chi connectivity index (χ2n) is 6.84. The summed E-state index contributed by atoms with van der Waals surface area (Å²) in [4.78, 5) is 12.1. The first-order chi connectivity index (χ1) is 8.34. The lowest BCUT2D eigenvalue weighted by atomic mass is 9.79. The van der Waals surface area contributed by atoms with Gasteiger partial charge in [-0.25, -0.2) is 0 Å². The minimum atomic E-state index is 0.190. The van der Waals surface area contributed by atoms with Crippen LogP contribution in [0.2, 0.25) is 0 Å². The van der Waals surface area contributed by atoms with E-state index >= 15 is 0 Å². The van der Waals surface area contributed by atoms with Crippen LogP contribution in [-0.4, -0.2) is 17.8 Å². The Kier molecular flexibility index (Phi) is 5.97. The minimum absolute atomic E-state index is 0.190. The Bertz CT molecular complexity index is 272. The van der Waals surface area contributed by atoms with Crippen molar-refractivity contribution in [1.29, 1.82) is 0 Å². The van der Waals surface area contributed by atoms with Crippen molar-refractivity contribution in [3.05, 3.63) is 0 Å². The molecule has 1 amide bonds. The van der Waals surface area contributed by atoms with Crippen LogP contribution in [0.3, 0.4) is 0 Å². The van der Waals surface area contributed by atoms with Gasteiger partial charge in [0.25, 0.3) is 0 Å². The van der Waals surface area contributed by atoms with Gasteiger partial charge >= 0.3 is 0 Å². The van der Waals surface area contributed by atoms with Gasteiger partial charge in [0.05, 0.1) is 0 Å². The van der Waals surface area contributed by atoms with Gasteiger partial charge in [0.1, 0.15) is 0 Å². The molecule has 0 saturated heterocycles. The van der Waals surface area contributed by atoms with Gasteiger partial charge in [-0.3, -0.25) is 4.79 Å². The standard InChI is InChI=1S/C15H28ClNO/c1-11(15(2,3)4)9-14(18)17-13-8-6-5-7-12(13)10-16/h11-13H,5-10H2,1-4H3,(H,17,18). The van der Waals surface area contributed by atoms with Crippen molar-refractivity contribution >= 4 is 17.5 Å². The van der Waals surface area contributed by atoms with Gasteiger partial charge in [0.2, 0.25) is 5.91 Å². The number of nitrogens with one attached hydrogen (secondary N) is 1. The maximum Gasteiger partial charge on any atom is 0.220 e. The van der Waals surface area contributed by atoms with Crippen molar-refractivity contribution in [2.45, 2.75) is 65.8 Å². The number of rotatable bonds is 4. The monoisotopic (exact) mass is 273 g/mol. The molecule has 0 heterocycles. The van der Waals surface area contributed by atoms with Crippen LogP contribution >= 0.6 is 11.6 Å². The number of hydrogen-bond acceptors (Lipinski definition) is 1. The van der Waals surface area contributed by atoms with E-state index in [1.807, 2.05) is 0 Å². The highest BCUT2D eigenvalue weighted by Gasteiger charge is 2.28. The SMILES string of the molecule is CC(CC(=O)NC1CCCCC1CCl)C(C)(C)C. The van der Waals surface area contributed by atoms with Crippen LogP contribution < -0.4 is 5.32 Å². The Morgan fingerprint density at radius 1 is 1.33 bits per heavy atom. The van der Waals surface area contributed by atoms with E-state index in [-0.39, 0.29) is 11.3 Å². The van der Waals surface area contributed by atoms with Crippen LogP contribution in [0.15, 0.2) is 0 Å². The van der Waals surface area contributed by atoms with Crippen molar-refractivity contribution in [1.82, 2.24) is 5.32 Å². The van der Waals surface area contributed by atoms with Gasteiger partial charge in [-0.05, 0) is 30.1 Å². The summed E-state index contributed by atoms with van der Waals surface area (Å²) in [6.45, 7) is 8.72. The number of hydrogen-bond donors (Lipinski definition) is 1. The van der Waals surface area contributed by atoms with Crippen LogP contribution in [0.5, 0.6) is 0 Å². The molecule has 0 radical (unpaired) electrons. The maximum atomic E-state index is 12.1. The summed E-state index contributed by atoms with van der Waals surface area (Å²) in [5, 5.41) is 3.20. The average Bonchev–Trinajstić information content (AvgIpc) is 2.28. The van der Waals surface area contributed by atoms with E-state index in [1.54, 1.807) is 0 Å². The molecule has 1 fully saturated rings. The van der Waals surface area contributed by atoms with E-state index in [9.17, 15) is 4.79 Å². The normalized spacial score (nSPS) is 26.7. The van der Waals surface area contributed by atoms with Crippen molar-refractivity contribution < 1.29 is 4.79 Å². The molecule has 3 atom stereocenters. The largest absolute Gasteiger partial charge is 0.353 e. The first-order valence-electron chi connectivity index (χ1n) is 7.20. The molecule has 0 aromatic carbocycles. The second kappa shape index (κ2) is 6.79. The molecule has 0 aliphatic heterocycles. The summed E-state index contributed by atoms with van der Waals surface area (Å²) in [6.07, 6.45) is 5.33. The van der Waals surface area contributed by atoms with Crippen LogP contribution in [0.4, 0.5) is 0 Å². The molecular formula is C15H28ClNO. The average molecular weight is 274 g/mol. The summed E-state index contributed by atoms with van der Waals surface area (Å²) < 4.78 is 0. The molecule has 0 bridgehead atoms. The molecule has 0 aromatic rings. The molecule has 0 aromatic heterocycles. The Hall–Kier alpha value is -0.240. The Balaban J connectivity index is 2.43. The van der Waals surface area contributed by atoms with E-state index in [1.165, 1.54) is 12.8 Å². The van der Waals surface area contributed by atoms with Gasteiger partial charge < -0.3 is 5.32 Å². The maximum absolute atomic E-state index is 12.1. The summed E-state index contributed by atoms with van der Waals surface area (Å²) >= 11 is 5.99. The van der Waals surface area contributed by atoms with Crippen molar-refractivity contribution in [2.75, 3.05) is 5.88 Å². The highest BCUT2D eigenvalue weighted by atomic mass is 35.5. The molecule has 1 aliphatic rings. The van der Waals surface area contributed by atoms with Gasteiger partial charge in [-0.15, -0.1) is 11.6 Å². The van der Waals surface area contributed by atoms with E-state index < -0.39 is 0 Å². The predicted molar refractivity (Wildman–Crippen MR) is 77.8 cm³/mol. The molecule has 1 aliphatic carbocycles. The fraction of sp³-hybridized carbons (Fsp3) is 0.933. The number of carbonyl (C=O) groups is 1. The zero-order chi connectivity index (χ0) is 13.8. The zero-order valence-electron chi connectivity index (χ0n) is 12.3. The lowest BCUT2D eigenvalue weighted by Gasteiger charge is -2.32. The topological polar surface area (TPSA) is 29.1 Å². The Morgan fingerprint density at radius 3 is 2.50 bits per heavy atom. The quantitative estimate of drug-likeness (QED) is 0.772. The highest BCUT2D eigenvalue weighted by molar-refractivity contribution is 6.18. The molecule has 106 valence electrons. The molecule has 1 N–H and O–H groups in total. The van der Waals surface area contributed by atoms with Gasteiger partial charge in [-0.2, -0.15) is 0 Å². The fourth-order valence-corrected chi connectivity index (χ4v) is 2.80. The van der Waals surface area contributed by atoms with Crippen LogP contribution in [-0.2, 0) is 4.79 Å². The van der Waals surface area contributed by atoms with Gasteiger partial charge in [0.15, 0.2) is 0 Å². The van der Waals surface area contributed by atoms with E-state index in [4.69, 9.17) is 11.6 Å². The van der Waals surface area contributed by atoms with Crippen molar-refractivity contribution in [2.24, 2.45) is 17.3 Å². The molecule has 2 nitrogen and oxygen atoms in total. The van der Waals surface area contributed by atoms with Gasteiger partial charge in [-0.1, -0.05) is 40.5 Å². The Morgan fingerprint density at radius 2 is 1.94 bits per heavy atom. The summed E-state index contributed by atoms with van der Waals surface area (Å²) in [7, 11) is 0. The second-order valence-corrected chi connectivity index (χ2v) is 7.15.